The summed E-state index contributed by atoms with van der Waals surface area (Å²) in [5.41, 5.74) is 1.39. The molecule has 1 aromatic rings. The van der Waals surface area contributed by atoms with Crippen LogP contribution in [0.5, 0.6) is 5.75 Å². The zero-order valence-electron chi connectivity index (χ0n) is 18.2. The smallest absolute Gasteiger partial charge is 0.254 e. The summed E-state index contributed by atoms with van der Waals surface area (Å²) in [7, 11) is 3.08. The Morgan fingerprint density at radius 1 is 1.30 bits per heavy atom. The molecule has 0 saturated heterocycles. The molecule has 0 aliphatic heterocycles. The number of amides is 1. The first kappa shape index (κ1) is 22.7. The Labute approximate surface area is 179 Å². The van der Waals surface area contributed by atoms with Crippen molar-refractivity contribution in [3.8, 4) is 5.75 Å². The third kappa shape index (κ3) is 6.27. The average Bonchev–Trinajstić information content (AvgIpc) is 3.51. The summed E-state index contributed by atoms with van der Waals surface area (Å²) in [4.78, 5) is 18.9. The second kappa shape index (κ2) is 10.9. The fourth-order valence-electron chi connectivity index (χ4n) is 4.11. The molecule has 1 aromatic heterocycles. The van der Waals surface area contributed by atoms with Crippen molar-refractivity contribution >= 4 is 5.91 Å². The van der Waals surface area contributed by atoms with E-state index in [0.29, 0.717) is 18.4 Å². The molecule has 166 valence electrons. The molecule has 1 amide bonds. The van der Waals surface area contributed by atoms with Gasteiger partial charge in [0.05, 0.1) is 6.10 Å². The third-order valence-electron chi connectivity index (χ3n) is 6.04. The second-order valence-electron chi connectivity index (χ2n) is 8.33. The lowest BCUT2D eigenvalue weighted by atomic mass is 9.85. The van der Waals surface area contributed by atoms with Crippen LogP contribution >= 0.6 is 0 Å². The minimum absolute atomic E-state index is 0.0192. The Kier molecular flexibility index (Phi) is 8.24. The maximum absolute atomic E-state index is 13.0. The monoisotopic (exact) mass is 418 g/mol. The van der Waals surface area contributed by atoms with Gasteiger partial charge in [0.15, 0.2) is 0 Å². The second-order valence-corrected chi connectivity index (χ2v) is 8.33. The zero-order chi connectivity index (χ0) is 21.4. The van der Waals surface area contributed by atoms with Crippen molar-refractivity contribution in [1.82, 2.24) is 9.88 Å². The highest BCUT2D eigenvalue weighted by Gasteiger charge is 2.45. The van der Waals surface area contributed by atoms with E-state index in [4.69, 9.17) is 18.9 Å². The van der Waals surface area contributed by atoms with Crippen LogP contribution in [0, 0.1) is 5.41 Å². The van der Waals surface area contributed by atoms with E-state index in [0.717, 1.165) is 24.3 Å². The van der Waals surface area contributed by atoms with E-state index in [2.05, 4.69) is 11.6 Å². The highest BCUT2D eigenvalue weighted by molar-refractivity contribution is 5.81. The Balaban J connectivity index is 1.62. The van der Waals surface area contributed by atoms with E-state index in [-0.39, 0.29) is 25.5 Å². The van der Waals surface area contributed by atoms with Crippen molar-refractivity contribution in [2.24, 2.45) is 5.41 Å². The number of nitrogens with zero attached hydrogens (tertiary/aromatic N) is 2. The first-order valence-corrected chi connectivity index (χ1v) is 10.7. The summed E-state index contributed by atoms with van der Waals surface area (Å²) in [6.07, 6.45) is 10.8. The number of rotatable bonds is 12. The van der Waals surface area contributed by atoms with Crippen LogP contribution in [0.2, 0.25) is 0 Å². The van der Waals surface area contributed by atoms with Crippen LogP contribution in [0.25, 0.3) is 0 Å². The van der Waals surface area contributed by atoms with Crippen LogP contribution < -0.4 is 4.74 Å². The number of ether oxygens (including phenoxy) is 4. The van der Waals surface area contributed by atoms with Gasteiger partial charge in [-0.2, -0.15) is 0 Å². The maximum atomic E-state index is 13.0. The molecule has 2 aliphatic carbocycles. The lowest BCUT2D eigenvalue weighted by Crippen LogP contribution is -2.43. The van der Waals surface area contributed by atoms with Gasteiger partial charge < -0.3 is 23.8 Å². The first-order chi connectivity index (χ1) is 14.6. The molecule has 7 heteroatoms. The normalized spacial score (nSPS) is 18.7. The van der Waals surface area contributed by atoms with E-state index in [9.17, 15) is 4.79 Å². The van der Waals surface area contributed by atoms with Gasteiger partial charge in [0, 0.05) is 45.1 Å². The topological polar surface area (TPSA) is 70.1 Å². The number of hydrogen-bond donors (Lipinski definition) is 0. The van der Waals surface area contributed by atoms with Crippen LogP contribution in [0.3, 0.4) is 0 Å². The lowest BCUT2D eigenvalue weighted by Gasteiger charge is -2.29. The van der Waals surface area contributed by atoms with E-state index < -0.39 is 6.10 Å². The quantitative estimate of drug-likeness (QED) is 0.383. The number of pyridine rings is 1. The van der Waals surface area contributed by atoms with Gasteiger partial charge in [0.1, 0.15) is 25.4 Å². The Morgan fingerprint density at radius 3 is 2.70 bits per heavy atom. The molecular formula is C23H34N2O5. The van der Waals surface area contributed by atoms with Crippen molar-refractivity contribution in [2.45, 2.75) is 57.2 Å². The third-order valence-corrected chi connectivity index (χ3v) is 6.04. The first-order valence-electron chi connectivity index (χ1n) is 10.7. The molecule has 1 spiro atoms. The SMILES string of the molecule is C=CCN(COC)C(=O)[C@H](Cc1cc(OC2CCC3(CC2)CC3)ccn1)OCOC. The van der Waals surface area contributed by atoms with Gasteiger partial charge in [0.25, 0.3) is 5.91 Å². The molecule has 0 unspecified atom stereocenters. The molecule has 2 fully saturated rings. The van der Waals surface area contributed by atoms with E-state index in [1.54, 1.807) is 24.3 Å². The minimum Gasteiger partial charge on any atom is -0.490 e. The van der Waals surface area contributed by atoms with Crippen molar-refractivity contribution in [3.63, 3.8) is 0 Å². The average molecular weight is 419 g/mol. The van der Waals surface area contributed by atoms with Crippen LogP contribution in [-0.2, 0) is 25.4 Å². The molecule has 0 radical (unpaired) electrons. The number of hydrogen-bond acceptors (Lipinski definition) is 6. The Bertz CT molecular complexity index is 697. The standard InChI is InChI=1S/C23H34N2O5/c1-4-13-25(16-27-2)22(26)21(29-17-28-3)15-18-14-20(7-12-24-18)30-19-5-8-23(9-6-19)10-11-23/h4,7,12,14,19,21H,1,5-6,8-11,13,15-17H2,2-3H3/t21-/m0/s1. The van der Waals surface area contributed by atoms with Crippen molar-refractivity contribution in [2.75, 3.05) is 34.3 Å². The highest BCUT2D eigenvalue weighted by Crippen LogP contribution is 2.56. The number of aromatic nitrogens is 1. The van der Waals surface area contributed by atoms with Crippen LogP contribution in [0.15, 0.2) is 31.0 Å². The highest BCUT2D eigenvalue weighted by atomic mass is 16.7. The summed E-state index contributed by atoms with van der Waals surface area (Å²) in [5.74, 6) is 0.610. The summed E-state index contributed by atoms with van der Waals surface area (Å²) < 4.78 is 22.1. The van der Waals surface area contributed by atoms with Gasteiger partial charge in [-0.3, -0.25) is 9.78 Å². The van der Waals surface area contributed by atoms with Crippen molar-refractivity contribution < 1.29 is 23.7 Å². The van der Waals surface area contributed by atoms with Crippen molar-refractivity contribution in [3.05, 3.63) is 36.7 Å². The van der Waals surface area contributed by atoms with Gasteiger partial charge in [-0.15, -0.1) is 6.58 Å². The molecule has 0 aromatic carbocycles. The van der Waals surface area contributed by atoms with Crippen LogP contribution in [0.1, 0.15) is 44.2 Å². The summed E-state index contributed by atoms with van der Waals surface area (Å²) in [5, 5.41) is 0. The van der Waals surface area contributed by atoms with E-state index in [1.165, 1.54) is 32.8 Å². The molecule has 1 heterocycles. The predicted octanol–water partition coefficient (Wildman–Crippen LogP) is 3.33. The minimum atomic E-state index is -0.729. The fraction of sp³-hybridized carbons (Fsp3) is 0.652. The molecule has 2 aliphatic rings. The van der Waals surface area contributed by atoms with Crippen LogP contribution in [-0.4, -0.2) is 62.3 Å². The van der Waals surface area contributed by atoms with E-state index >= 15 is 0 Å². The molecule has 1 atom stereocenters. The molecule has 30 heavy (non-hydrogen) atoms. The Morgan fingerprint density at radius 2 is 2.07 bits per heavy atom. The summed E-state index contributed by atoms with van der Waals surface area (Å²) in [6, 6.07) is 3.79. The summed E-state index contributed by atoms with van der Waals surface area (Å²) >= 11 is 0. The Hall–Kier alpha value is -1.96. The largest absolute Gasteiger partial charge is 0.490 e. The number of methoxy groups -OCH3 is 2. The maximum Gasteiger partial charge on any atom is 0.254 e. The summed E-state index contributed by atoms with van der Waals surface area (Å²) in [6.45, 7) is 4.26. The number of carbonyl (C=O) groups is 1. The van der Waals surface area contributed by atoms with Crippen LogP contribution in [0.4, 0.5) is 0 Å². The molecule has 3 rings (SSSR count). The number of carbonyl (C=O) groups excluding carboxylic acids is 1. The zero-order valence-corrected chi connectivity index (χ0v) is 18.2. The van der Waals surface area contributed by atoms with Gasteiger partial charge in [0.2, 0.25) is 0 Å². The van der Waals surface area contributed by atoms with Crippen molar-refractivity contribution in [1.29, 1.82) is 0 Å². The van der Waals surface area contributed by atoms with Gasteiger partial charge in [-0.1, -0.05) is 6.08 Å². The molecule has 0 N–H and O–H groups in total. The molecule has 2 saturated carbocycles. The van der Waals surface area contributed by atoms with Gasteiger partial charge in [-0.05, 0) is 50.0 Å². The molecule has 7 nitrogen and oxygen atoms in total. The van der Waals surface area contributed by atoms with Gasteiger partial charge in [-0.25, -0.2) is 0 Å². The lowest BCUT2D eigenvalue weighted by molar-refractivity contribution is -0.156. The molecular weight excluding hydrogens is 384 g/mol. The fourth-order valence-corrected chi connectivity index (χ4v) is 4.11. The van der Waals surface area contributed by atoms with Gasteiger partial charge >= 0.3 is 0 Å². The predicted molar refractivity (Wildman–Crippen MR) is 113 cm³/mol. The molecule has 0 bridgehead atoms. The van der Waals surface area contributed by atoms with E-state index in [1.807, 2.05) is 12.1 Å².